The number of hydrogen-bond donors (Lipinski definition) is 3. The summed E-state index contributed by atoms with van der Waals surface area (Å²) in [7, 11) is 0. The van der Waals surface area contributed by atoms with E-state index in [1.165, 1.54) is 11.3 Å². The highest BCUT2D eigenvalue weighted by Gasteiger charge is 2.53. The number of imide groups is 1. The number of rotatable bonds is 8. The van der Waals surface area contributed by atoms with Gasteiger partial charge in [-0.2, -0.15) is 5.26 Å². The maximum absolute atomic E-state index is 14.1. The Morgan fingerprint density at radius 3 is 2.56 bits per heavy atom. The average molecular weight is 699 g/mol. The number of ketones is 1. The second kappa shape index (κ2) is 12.9. The summed E-state index contributed by atoms with van der Waals surface area (Å²) in [6.07, 6.45) is 10.3. The first-order valence-corrected chi connectivity index (χ1v) is 18.8. The zero-order valence-corrected chi connectivity index (χ0v) is 30.2. The Kier molecular flexibility index (Phi) is 8.45. The number of piperidine rings is 1. The van der Waals surface area contributed by atoms with Crippen molar-refractivity contribution in [3.63, 3.8) is 0 Å². The van der Waals surface area contributed by atoms with E-state index in [1.807, 2.05) is 24.3 Å². The molecule has 3 aromatic rings. The van der Waals surface area contributed by atoms with Crippen LogP contribution in [0.5, 0.6) is 0 Å². The van der Waals surface area contributed by atoms with Crippen LogP contribution in [0.4, 0.5) is 5.69 Å². The molecule has 0 spiro atoms. The van der Waals surface area contributed by atoms with Crippen LogP contribution in [0.1, 0.15) is 91.2 Å². The molecule has 3 fully saturated rings. The quantitative estimate of drug-likeness (QED) is 0.221. The van der Waals surface area contributed by atoms with E-state index in [-0.39, 0.29) is 35.3 Å². The van der Waals surface area contributed by atoms with Gasteiger partial charge >= 0.3 is 0 Å². The zero-order chi connectivity index (χ0) is 36.4. The fraction of sp³-hybridized carbons (Fsp3) is 0.452. The number of hydrogen-bond acceptors (Lipinski definition) is 7. The van der Waals surface area contributed by atoms with Gasteiger partial charge < -0.3 is 15.2 Å². The molecule has 3 amide bonds. The number of amides is 3. The van der Waals surface area contributed by atoms with Gasteiger partial charge in [-0.15, -0.1) is 0 Å². The molecule has 3 N–H and O–H groups in total. The van der Waals surface area contributed by atoms with Crippen molar-refractivity contribution in [3.8, 4) is 6.07 Å². The monoisotopic (exact) mass is 698 g/mol. The van der Waals surface area contributed by atoms with E-state index in [2.05, 4.69) is 70.5 Å². The van der Waals surface area contributed by atoms with Gasteiger partial charge in [0.25, 0.3) is 0 Å². The standard InChI is InChI=1S/C42H46N6O4/c1-4-26-21-29-31(41(2,3)38-36(37(29)50)28-10-9-25(23-43)20-33(28)45-38)22-34(26)48-18-16-47(17-19-48)15-6-5-13-42(30-11-12-35(49)46-40(30)52)14-7-8-27-32(42)24-44-39(27)51/h7-10,14,20-22,30,32,45H,4-6,11-13,15-19,24H2,1-3H3,(H,44,51)(H,46,49,52). The predicted octanol–water partition coefficient (Wildman–Crippen LogP) is 5.05. The smallest absolute Gasteiger partial charge is 0.247 e. The number of fused-ring (bicyclic) bond motifs is 5. The van der Waals surface area contributed by atoms with E-state index in [4.69, 9.17) is 0 Å². The lowest BCUT2D eigenvalue weighted by atomic mass is 9.58. The molecule has 0 bridgehead atoms. The number of nitriles is 1. The minimum Gasteiger partial charge on any atom is -0.369 e. The van der Waals surface area contributed by atoms with Crippen LogP contribution in [-0.2, 0) is 26.2 Å². The number of nitrogens with one attached hydrogen (secondary N) is 3. The molecule has 5 aliphatic rings. The summed E-state index contributed by atoms with van der Waals surface area (Å²) in [4.78, 5) is 60.4. The number of aryl methyl sites for hydroxylation is 1. The molecule has 0 radical (unpaired) electrons. The van der Waals surface area contributed by atoms with Crippen LogP contribution in [0.25, 0.3) is 10.9 Å². The minimum absolute atomic E-state index is 0.0393. The van der Waals surface area contributed by atoms with E-state index < -0.39 is 10.8 Å². The van der Waals surface area contributed by atoms with Crippen molar-refractivity contribution >= 4 is 40.1 Å². The van der Waals surface area contributed by atoms with Crippen LogP contribution < -0.4 is 15.5 Å². The average Bonchev–Trinajstić information content (AvgIpc) is 3.74. The van der Waals surface area contributed by atoms with Crippen molar-refractivity contribution in [2.75, 3.05) is 44.2 Å². The Hall–Kier alpha value is -5.01. The van der Waals surface area contributed by atoms with E-state index in [1.54, 1.807) is 6.07 Å². The molecule has 3 aliphatic heterocycles. The number of piperazine rings is 1. The Morgan fingerprint density at radius 2 is 1.81 bits per heavy atom. The lowest BCUT2D eigenvalue weighted by Crippen LogP contribution is -2.51. The third kappa shape index (κ3) is 5.40. The Bertz CT molecular complexity index is 2130. The Morgan fingerprint density at radius 1 is 1.00 bits per heavy atom. The summed E-state index contributed by atoms with van der Waals surface area (Å²) < 4.78 is 0. The van der Waals surface area contributed by atoms with Crippen molar-refractivity contribution in [1.82, 2.24) is 20.5 Å². The molecule has 3 saturated heterocycles. The van der Waals surface area contributed by atoms with Crippen LogP contribution >= 0.6 is 0 Å². The van der Waals surface area contributed by atoms with Gasteiger partial charge in [-0.25, -0.2) is 0 Å². The lowest BCUT2D eigenvalue weighted by Gasteiger charge is -2.45. The summed E-state index contributed by atoms with van der Waals surface area (Å²) in [5.74, 6) is -0.852. The molecule has 0 saturated carbocycles. The van der Waals surface area contributed by atoms with Gasteiger partial charge in [0.15, 0.2) is 5.78 Å². The van der Waals surface area contributed by atoms with Crippen molar-refractivity contribution in [3.05, 3.63) is 87.6 Å². The van der Waals surface area contributed by atoms with Crippen molar-refractivity contribution in [2.24, 2.45) is 17.3 Å². The first kappa shape index (κ1) is 34.1. The van der Waals surface area contributed by atoms with Crippen LogP contribution in [-0.4, -0.2) is 72.7 Å². The third-order valence-corrected chi connectivity index (χ3v) is 12.7. The molecule has 52 heavy (non-hydrogen) atoms. The number of carbonyl (C=O) groups is 4. The number of aromatic amines is 1. The number of allylic oxidation sites excluding steroid dienone is 3. The number of unbranched alkanes of at least 4 members (excludes halogenated alkanes) is 1. The van der Waals surface area contributed by atoms with Crippen LogP contribution in [0.15, 0.2) is 54.1 Å². The largest absolute Gasteiger partial charge is 0.369 e. The van der Waals surface area contributed by atoms with Gasteiger partial charge in [0.1, 0.15) is 0 Å². The lowest BCUT2D eigenvalue weighted by molar-refractivity contribution is -0.140. The van der Waals surface area contributed by atoms with Crippen molar-refractivity contribution < 1.29 is 19.2 Å². The van der Waals surface area contributed by atoms with E-state index in [9.17, 15) is 24.4 Å². The predicted molar refractivity (Wildman–Crippen MR) is 199 cm³/mol. The summed E-state index contributed by atoms with van der Waals surface area (Å²) in [6.45, 7) is 11.6. The minimum atomic E-state index is -0.488. The second-order valence-electron chi connectivity index (χ2n) is 15.7. The number of anilines is 1. The summed E-state index contributed by atoms with van der Waals surface area (Å²) in [6, 6.07) is 12.1. The number of carbonyl (C=O) groups excluding carboxylic acids is 4. The normalized spacial score (nSPS) is 25.3. The molecule has 10 heteroatoms. The molecule has 268 valence electrons. The fourth-order valence-electron chi connectivity index (χ4n) is 9.82. The van der Waals surface area contributed by atoms with Gasteiger partial charge in [0, 0.05) is 95.2 Å². The number of benzene rings is 2. The van der Waals surface area contributed by atoms with E-state index >= 15 is 0 Å². The molecular formula is C42H46N6O4. The third-order valence-electron chi connectivity index (χ3n) is 12.7. The second-order valence-corrected chi connectivity index (χ2v) is 15.7. The Balaban J connectivity index is 0.948. The first-order chi connectivity index (χ1) is 25.1. The van der Waals surface area contributed by atoms with Crippen LogP contribution in [0.2, 0.25) is 0 Å². The van der Waals surface area contributed by atoms with Gasteiger partial charge in [-0.05, 0) is 67.6 Å². The van der Waals surface area contributed by atoms with Crippen LogP contribution in [0.3, 0.4) is 0 Å². The van der Waals surface area contributed by atoms with Gasteiger partial charge in [0.05, 0.1) is 17.2 Å². The molecule has 10 nitrogen and oxygen atoms in total. The molecular weight excluding hydrogens is 652 g/mol. The highest BCUT2D eigenvalue weighted by Crippen LogP contribution is 2.51. The summed E-state index contributed by atoms with van der Waals surface area (Å²) >= 11 is 0. The number of H-pyrrole nitrogens is 1. The number of aromatic nitrogens is 1. The first-order valence-electron chi connectivity index (χ1n) is 18.8. The fourth-order valence-corrected chi connectivity index (χ4v) is 9.82. The zero-order valence-electron chi connectivity index (χ0n) is 30.2. The molecule has 3 unspecified atom stereocenters. The van der Waals surface area contributed by atoms with Gasteiger partial charge in [-0.3, -0.25) is 29.4 Å². The highest BCUT2D eigenvalue weighted by molar-refractivity contribution is 6.20. The Labute approximate surface area is 304 Å². The molecule has 3 atom stereocenters. The molecule has 2 aromatic carbocycles. The SMILES string of the molecule is CCc1cc2c(cc1N1CCN(CCCCC3(C4CCC(=O)NC4=O)C=CC=C4C(=O)NCC43)CC1)C(C)(C)c1[nH]c3cc(C#N)ccc3c1C2=O. The summed E-state index contributed by atoms with van der Waals surface area (Å²) in [5, 5.41) is 15.9. The summed E-state index contributed by atoms with van der Waals surface area (Å²) in [5.41, 5.74) is 7.02. The van der Waals surface area contributed by atoms with Gasteiger partial charge in [-0.1, -0.05) is 51.5 Å². The van der Waals surface area contributed by atoms with E-state index in [0.29, 0.717) is 30.5 Å². The molecule has 2 aliphatic carbocycles. The van der Waals surface area contributed by atoms with Crippen molar-refractivity contribution in [2.45, 2.75) is 64.7 Å². The van der Waals surface area contributed by atoms with E-state index in [0.717, 1.165) is 91.7 Å². The highest BCUT2D eigenvalue weighted by atomic mass is 16.2. The topological polar surface area (TPSA) is 138 Å². The maximum Gasteiger partial charge on any atom is 0.247 e. The molecule has 8 rings (SSSR count). The van der Waals surface area contributed by atoms with Crippen LogP contribution in [0, 0.1) is 28.6 Å². The van der Waals surface area contributed by atoms with Gasteiger partial charge in [0.2, 0.25) is 17.7 Å². The molecule has 1 aromatic heterocycles. The molecule has 4 heterocycles. The number of nitrogens with zero attached hydrogens (tertiary/aromatic N) is 3. The maximum atomic E-state index is 14.1. The van der Waals surface area contributed by atoms with Crippen molar-refractivity contribution in [1.29, 1.82) is 5.26 Å².